The van der Waals surface area contributed by atoms with E-state index in [1.165, 1.54) is 7.11 Å². The third kappa shape index (κ3) is 4.23. The summed E-state index contributed by atoms with van der Waals surface area (Å²) in [7, 11) is 1.45. The van der Waals surface area contributed by atoms with Crippen molar-refractivity contribution in [2.75, 3.05) is 20.2 Å². The van der Waals surface area contributed by atoms with Gasteiger partial charge in [-0.05, 0) is 13.8 Å². The van der Waals surface area contributed by atoms with Crippen LogP contribution in [0.15, 0.2) is 0 Å². The number of carboxylic acid groups (broad SMARTS) is 1. The van der Waals surface area contributed by atoms with Crippen molar-refractivity contribution in [2.24, 2.45) is 11.8 Å². The highest BCUT2D eigenvalue weighted by Gasteiger charge is 2.53. The molecule has 0 aliphatic carbocycles. The first kappa shape index (κ1) is 17.5. The van der Waals surface area contributed by atoms with Crippen LogP contribution in [0.3, 0.4) is 0 Å². The van der Waals surface area contributed by atoms with Gasteiger partial charge in [0.05, 0.1) is 24.0 Å². The Hall–Kier alpha value is -1.51. The van der Waals surface area contributed by atoms with Crippen molar-refractivity contribution in [2.45, 2.75) is 32.2 Å². The Morgan fingerprint density at radius 2 is 1.90 bits per heavy atom. The van der Waals surface area contributed by atoms with Crippen molar-refractivity contribution in [1.29, 1.82) is 0 Å². The number of rotatable bonds is 4. The van der Waals surface area contributed by atoms with Crippen LogP contribution in [0.2, 0.25) is 0 Å². The number of ether oxygens (including phenoxy) is 1. The Kier molecular flexibility index (Phi) is 5.43. The maximum atomic E-state index is 12.8. The van der Waals surface area contributed by atoms with Crippen molar-refractivity contribution in [3.63, 3.8) is 0 Å². The summed E-state index contributed by atoms with van der Waals surface area (Å²) in [6.45, 7) is 2.24. The molecule has 1 aliphatic rings. The van der Waals surface area contributed by atoms with Gasteiger partial charge < -0.3 is 20.1 Å². The maximum absolute atomic E-state index is 12.8. The monoisotopic (exact) mass is 312 g/mol. The zero-order chi connectivity index (χ0) is 16.4. The molecule has 1 aliphatic heterocycles. The van der Waals surface area contributed by atoms with Crippen LogP contribution in [-0.2, 0) is 9.53 Å². The Balaban J connectivity index is 2.73. The van der Waals surface area contributed by atoms with E-state index in [0.29, 0.717) is 0 Å². The summed E-state index contributed by atoms with van der Waals surface area (Å²) in [5.41, 5.74) is 0. The number of hydrogen-bond donors (Lipinski definition) is 2. The molecule has 2 N–H and O–H groups in total. The van der Waals surface area contributed by atoms with Crippen molar-refractivity contribution in [3.05, 3.63) is 0 Å². The minimum atomic E-state index is -4.65. The summed E-state index contributed by atoms with van der Waals surface area (Å²) >= 11 is 0. The van der Waals surface area contributed by atoms with Crippen molar-refractivity contribution < 1.29 is 32.6 Å². The minimum Gasteiger partial charge on any atom is -0.481 e. The van der Waals surface area contributed by atoms with Crippen molar-refractivity contribution in [1.82, 2.24) is 10.2 Å². The first-order valence-corrected chi connectivity index (χ1v) is 6.45. The number of nitrogens with zero attached hydrogens (tertiary/aromatic N) is 1. The summed E-state index contributed by atoms with van der Waals surface area (Å²) in [6, 6.07) is -1.12. The topological polar surface area (TPSA) is 78.9 Å². The number of carboxylic acids is 1. The molecule has 4 atom stereocenters. The highest BCUT2D eigenvalue weighted by Crippen LogP contribution is 2.37. The van der Waals surface area contributed by atoms with Gasteiger partial charge in [-0.1, -0.05) is 0 Å². The summed E-state index contributed by atoms with van der Waals surface area (Å²) < 4.78 is 43.4. The first-order valence-electron chi connectivity index (χ1n) is 6.45. The fraction of sp³-hybridized carbons (Fsp3) is 0.833. The van der Waals surface area contributed by atoms with E-state index in [4.69, 9.17) is 9.84 Å². The number of halogens is 3. The van der Waals surface area contributed by atoms with Gasteiger partial charge in [0.25, 0.3) is 0 Å². The van der Waals surface area contributed by atoms with Gasteiger partial charge in [-0.15, -0.1) is 0 Å². The molecule has 0 bridgehead atoms. The lowest BCUT2D eigenvalue weighted by molar-refractivity contribution is -0.187. The Labute approximate surface area is 120 Å². The molecular formula is C12H19F3N2O4. The smallest absolute Gasteiger partial charge is 0.394 e. The van der Waals surface area contributed by atoms with Crippen molar-refractivity contribution >= 4 is 12.0 Å². The molecule has 6 nitrogen and oxygen atoms in total. The van der Waals surface area contributed by atoms with E-state index in [1.54, 1.807) is 13.8 Å². The van der Waals surface area contributed by atoms with Gasteiger partial charge in [-0.3, -0.25) is 4.79 Å². The molecule has 0 spiro atoms. The molecule has 1 saturated heterocycles. The summed E-state index contributed by atoms with van der Waals surface area (Å²) in [5.74, 6) is -5.23. The molecule has 0 aromatic rings. The second-order valence-corrected chi connectivity index (χ2v) is 5.18. The van der Waals surface area contributed by atoms with Crippen LogP contribution in [0, 0.1) is 11.8 Å². The second-order valence-electron chi connectivity index (χ2n) is 5.18. The van der Waals surface area contributed by atoms with Gasteiger partial charge in [-0.25, -0.2) is 4.79 Å². The Morgan fingerprint density at radius 3 is 2.29 bits per heavy atom. The van der Waals surface area contributed by atoms with E-state index in [2.05, 4.69) is 5.32 Å². The van der Waals surface area contributed by atoms with E-state index in [-0.39, 0.29) is 6.10 Å². The number of aliphatic carboxylic acids is 1. The molecule has 1 rings (SSSR count). The fourth-order valence-electron chi connectivity index (χ4n) is 2.16. The summed E-state index contributed by atoms with van der Waals surface area (Å²) in [5, 5.41) is 11.4. The molecule has 122 valence electrons. The van der Waals surface area contributed by atoms with Crippen LogP contribution in [0.4, 0.5) is 18.0 Å². The lowest BCUT2D eigenvalue weighted by atomic mass is 9.96. The maximum Gasteiger partial charge on any atom is 0.394 e. The molecule has 1 fully saturated rings. The molecule has 1 unspecified atom stereocenters. The fourth-order valence-corrected chi connectivity index (χ4v) is 2.16. The number of methoxy groups -OCH3 is 1. The molecule has 21 heavy (non-hydrogen) atoms. The van der Waals surface area contributed by atoms with Gasteiger partial charge in [0.1, 0.15) is 0 Å². The highest BCUT2D eigenvalue weighted by atomic mass is 19.4. The van der Waals surface area contributed by atoms with Crippen LogP contribution in [0.5, 0.6) is 0 Å². The number of nitrogens with one attached hydrogen (secondary N) is 1. The molecule has 0 aromatic carbocycles. The van der Waals surface area contributed by atoms with Gasteiger partial charge in [0.2, 0.25) is 0 Å². The summed E-state index contributed by atoms with van der Waals surface area (Å²) in [6.07, 6.45) is -4.96. The molecule has 0 saturated carbocycles. The second kappa shape index (κ2) is 6.50. The van der Waals surface area contributed by atoms with E-state index in [9.17, 15) is 22.8 Å². The van der Waals surface area contributed by atoms with Gasteiger partial charge >= 0.3 is 18.2 Å². The zero-order valence-corrected chi connectivity index (χ0v) is 12.0. The molecule has 1 heterocycles. The highest BCUT2D eigenvalue weighted by molar-refractivity contribution is 5.78. The SMILES string of the molecule is COC(C)[C@@H](C)NC(=O)N1C[C@@H](C(F)(F)F)[C@H](C(=O)O)C1. The Bertz CT molecular complexity index is 402. The van der Waals surface area contributed by atoms with Crippen LogP contribution in [-0.4, -0.2) is 60.5 Å². The third-order valence-corrected chi connectivity index (χ3v) is 3.77. The van der Waals surface area contributed by atoms with Gasteiger partial charge in [0.15, 0.2) is 0 Å². The van der Waals surface area contributed by atoms with E-state index >= 15 is 0 Å². The van der Waals surface area contributed by atoms with Gasteiger partial charge in [-0.2, -0.15) is 13.2 Å². The largest absolute Gasteiger partial charge is 0.481 e. The molecule has 0 aromatic heterocycles. The number of amides is 2. The molecule has 2 amide bonds. The van der Waals surface area contributed by atoms with E-state index in [1.807, 2.05) is 0 Å². The average Bonchev–Trinajstić information content (AvgIpc) is 2.82. The number of likely N-dealkylation sites (tertiary alicyclic amines) is 1. The van der Waals surface area contributed by atoms with Crippen LogP contribution in [0.1, 0.15) is 13.8 Å². The third-order valence-electron chi connectivity index (χ3n) is 3.77. The minimum absolute atomic E-state index is 0.315. The average molecular weight is 312 g/mol. The molecule has 9 heteroatoms. The molecular weight excluding hydrogens is 293 g/mol. The number of urea groups is 1. The lowest BCUT2D eigenvalue weighted by Crippen LogP contribution is -2.47. The number of carbonyl (C=O) groups is 2. The van der Waals surface area contributed by atoms with Crippen LogP contribution < -0.4 is 5.32 Å². The number of carbonyl (C=O) groups excluding carboxylic acids is 1. The molecule has 0 radical (unpaired) electrons. The van der Waals surface area contributed by atoms with Crippen molar-refractivity contribution in [3.8, 4) is 0 Å². The normalized spacial score (nSPS) is 25.5. The number of alkyl halides is 3. The van der Waals surface area contributed by atoms with Crippen LogP contribution in [0.25, 0.3) is 0 Å². The standard InChI is InChI=1S/C12H19F3N2O4/c1-6(7(2)21-3)16-11(20)17-4-8(10(18)19)9(5-17)12(13,14)15/h6-9H,4-5H2,1-3H3,(H,16,20)(H,18,19)/t6-,7?,8-,9-/m1/s1. The predicted molar refractivity (Wildman–Crippen MR) is 66.7 cm³/mol. The Morgan fingerprint density at radius 1 is 1.33 bits per heavy atom. The number of hydrogen-bond acceptors (Lipinski definition) is 3. The lowest BCUT2D eigenvalue weighted by Gasteiger charge is -2.24. The first-order chi connectivity index (χ1) is 9.57. The van der Waals surface area contributed by atoms with E-state index < -0.39 is 49.1 Å². The van der Waals surface area contributed by atoms with E-state index in [0.717, 1.165) is 4.90 Å². The summed E-state index contributed by atoms with van der Waals surface area (Å²) in [4.78, 5) is 23.7. The van der Waals surface area contributed by atoms with Gasteiger partial charge in [0, 0.05) is 20.2 Å². The zero-order valence-electron chi connectivity index (χ0n) is 12.0. The predicted octanol–water partition coefficient (Wildman–Crippen LogP) is 1.31. The van der Waals surface area contributed by atoms with Crippen LogP contribution >= 0.6 is 0 Å². The quantitative estimate of drug-likeness (QED) is 0.820.